The Balaban J connectivity index is 1.59. The second-order valence-corrected chi connectivity index (χ2v) is 8.15. The Bertz CT molecular complexity index is 1060. The lowest BCUT2D eigenvalue weighted by Crippen LogP contribution is -2.41. The SMILES string of the molecule is Cc1cc(-c2cccs2)nc(C2CCCN(C(=O)c3ccc(C)[nH]c3=O)C2)n1. The molecule has 0 radical (unpaired) electrons. The fraction of sp³-hybridized carbons (Fsp3) is 0.333. The second-order valence-electron chi connectivity index (χ2n) is 7.20. The number of amides is 1. The molecule has 1 N–H and O–H groups in total. The van der Waals surface area contributed by atoms with Crippen molar-refractivity contribution in [3.05, 3.63) is 68.8 Å². The second kappa shape index (κ2) is 7.67. The van der Waals surface area contributed by atoms with Gasteiger partial charge in [0.1, 0.15) is 11.4 Å². The molecular formula is C21H22N4O2S. The molecular weight excluding hydrogens is 372 g/mol. The first kappa shape index (κ1) is 18.6. The number of nitrogens with one attached hydrogen (secondary N) is 1. The summed E-state index contributed by atoms with van der Waals surface area (Å²) in [6.45, 7) is 4.94. The summed E-state index contributed by atoms with van der Waals surface area (Å²) in [6.07, 6.45) is 1.80. The third-order valence-corrected chi connectivity index (χ3v) is 5.90. The average molecular weight is 395 g/mol. The molecule has 6 nitrogen and oxygen atoms in total. The maximum Gasteiger partial charge on any atom is 0.260 e. The van der Waals surface area contributed by atoms with Gasteiger partial charge in [-0.25, -0.2) is 9.97 Å². The number of H-pyrrole nitrogens is 1. The van der Waals surface area contributed by atoms with Crippen LogP contribution in [0.2, 0.25) is 0 Å². The molecule has 3 aromatic rings. The number of aromatic nitrogens is 3. The van der Waals surface area contributed by atoms with E-state index in [1.807, 2.05) is 24.4 Å². The first-order valence-electron chi connectivity index (χ1n) is 9.40. The molecule has 1 fully saturated rings. The van der Waals surface area contributed by atoms with Crippen molar-refractivity contribution in [1.29, 1.82) is 0 Å². The number of pyridine rings is 1. The van der Waals surface area contributed by atoms with Crippen LogP contribution in [0.4, 0.5) is 0 Å². The standard InChI is InChI=1S/C21H22N4O2S/c1-13-7-8-16(20(26)23-13)21(27)25-9-3-5-15(12-25)19-22-14(2)11-17(24-19)18-6-4-10-28-18/h4,6-8,10-11,15H,3,5,9,12H2,1-2H3,(H,23,26). The van der Waals surface area contributed by atoms with E-state index in [4.69, 9.17) is 4.98 Å². The van der Waals surface area contributed by atoms with Crippen LogP contribution in [0, 0.1) is 13.8 Å². The fourth-order valence-electron chi connectivity index (χ4n) is 3.61. The minimum absolute atomic E-state index is 0.0702. The van der Waals surface area contributed by atoms with Crippen molar-refractivity contribution >= 4 is 17.2 Å². The van der Waals surface area contributed by atoms with E-state index in [2.05, 4.69) is 16.0 Å². The summed E-state index contributed by atoms with van der Waals surface area (Å²) in [5.41, 5.74) is 2.45. The maximum atomic E-state index is 12.9. The molecule has 1 amide bonds. The van der Waals surface area contributed by atoms with Gasteiger partial charge in [0.25, 0.3) is 11.5 Å². The van der Waals surface area contributed by atoms with Crippen molar-refractivity contribution < 1.29 is 4.79 Å². The molecule has 1 unspecified atom stereocenters. The molecule has 28 heavy (non-hydrogen) atoms. The molecule has 144 valence electrons. The number of aromatic amines is 1. The number of thiophene rings is 1. The molecule has 3 aromatic heterocycles. The van der Waals surface area contributed by atoms with Crippen molar-refractivity contribution in [3.8, 4) is 10.6 Å². The van der Waals surface area contributed by atoms with Crippen LogP contribution < -0.4 is 5.56 Å². The Labute approximate surface area is 167 Å². The maximum absolute atomic E-state index is 12.9. The van der Waals surface area contributed by atoms with Crippen LogP contribution in [-0.4, -0.2) is 38.8 Å². The lowest BCUT2D eigenvalue weighted by Gasteiger charge is -2.32. The van der Waals surface area contributed by atoms with Gasteiger partial charge >= 0.3 is 0 Å². The fourth-order valence-corrected chi connectivity index (χ4v) is 4.29. The van der Waals surface area contributed by atoms with Gasteiger partial charge in [0, 0.05) is 30.4 Å². The van der Waals surface area contributed by atoms with Crippen LogP contribution in [0.15, 0.2) is 40.5 Å². The first-order valence-corrected chi connectivity index (χ1v) is 10.3. The van der Waals surface area contributed by atoms with Gasteiger partial charge in [-0.3, -0.25) is 9.59 Å². The van der Waals surface area contributed by atoms with E-state index in [-0.39, 0.29) is 22.9 Å². The molecule has 7 heteroatoms. The number of carbonyl (C=O) groups is 1. The van der Waals surface area contributed by atoms with Gasteiger partial charge in [0.05, 0.1) is 10.6 Å². The van der Waals surface area contributed by atoms with Crippen LogP contribution in [0.25, 0.3) is 10.6 Å². The topological polar surface area (TPSA) is 79.0 Å². The molecule has 0 saturated carbocycles. The quantitative estimate of drug-likeness (QED) is 0.737. The van der Waals surface area contributed by atoms with Crippen molar-refractivity contribution in [2.45, 2.75) is 32.6 Å². The summed E-state index contributed by atoms with van der Waals surface area (Å²) in [5.74, 6) is 0.622. The number of aryl methyl sites for hydroxylation is 2. The zero-order valence-corrected chi connectivity index (χ0v) is 16.8. The van der Waals surface area contributed by atoms with E-state index >= 15 is 0 Å². The lowest BCUT2D eigenvalue weighted by atomic mass is 9.96. The molecule has 0 aromatic carbocycles. The molecule has 1 saturated heterocycles. The van der Waals surface area contributed by atoms with E-state index in [1.165, 1.54) is 0 Å². The Kier molecular flexibility index (Phi) is 5.09. The van der Waals surface area contributed by atoms with Gasteiger partial charge in [-0.2, -0.15) is 0 Å². The van der Waals surface area contributed by atoms with E-state index < -0.39 is 0 Å². The molecule has 0 bridgehead atoms. The molecule has 4 heterocycles. The predicted octanol–water partition coefficient (Wildman–Crippen LogP) is 3.53. The summed E-state index contributed by atoms with van der Waals surface area (Å²) < 4.78 is 0. The highest BCUT2D eigenvalue weighted by Gasteiger charge is 2.28. The monoisotopic (exact) mass is 394 g/mol. The highest BCUT2D eigenvalue weighted by molar-refractivity contribution is 7.13. The third kappa shape index (κ3) is 3.75. The number of hydrogen-bond donors (Lipinski definition) is 1. The highest BCUT2D eigenvalue weighted by atomic mass is 32.1. The lowest BCUT2D eigenvalue weighted by molar-refractivity contribution is 0.0702. The summed E-state index contributed by atoms with van der Waals surface area (Å²) >= 11 is 1.65. The van der Waals surface area contributed by atoms with Gasteiger partial charge in [-0.15, -0.1) is 11.3 Å². The normalized spacial score (nSPS) is 16.9. The van der Waals surface area contributed by atoms with E-state index in [0.717, 1.165) is 40.6 Å². The van der Waals surface area contributed by atoms with Crippen molar-refractivity contribution in [2.24, 2.45) is 0 Å². The van der Waals surface area contributed by atoms with E-state index in [9.17, 15) is 9.59 Å². The van der Waals surface area contributed by atoms with Crippen molar-refractivity contribution in [2.75, 3.05) is 13.1 Å². The Morgan fingerprint density at radius 3 is 2.86 bits per heavy atom. The number of carbonyl (C=O) groups excluding carboxylic acids is 1. The van der Waals surface area contributed by atoms with Gasteiger partial charge in [-0.05, 0) is 56.3 Å². The Morgan fingerprint density at radius 1 is 1.25 bits per heavy atom. The summed E-state index contributed by atoms with van der Waals surface area (Å²) in [5, 5.41) is 2.03. The zero-order chi connectivity index (χ0) is 19.7. The number of piperidine rings is 1. The van der Waals surface area contributed by atoms with Crippen LogP contribution >= 0.6 is 11.3 Å². The molecule has 0 spiro atoms. The summed E-state index contributed by atoms with van der Waals surface area (Å²) in [7, 11) is 0. The van der Waals surface area contributed by atoms with Crippen LogP contribution in [0.5, 0.6) is 0 Å². The number of rotatable bonds is 3. The van der Waals surface area contributed by atoms with E-state index in [0.29, 0.717) is 13.1 Å². The number of hydrogen-bond acceptors (Lipinski definition) is 5. The predicted molar refractivity (Wildman–Crippen MR) is 110 cm³/mol. The molecule has 1 aliphatic heterocycles. The van der Waals surface area contributed by atoms with Crippen LogP contribution in [-0.2, 0) is 0 Å². The molecule has 1 atom stereocenters. The number of likely N-dealkylation sites (tertiary alicyclic amines) is 1. The van der Waals surface area contributed by atoms with E-state index in [1.54, 1.807) is 35.3 Å². The number of nitrogens with zero attached hydrogens (tertiary/aromatic N) is 3. The minimum atomic E-state index is -0.334. The minimum Gasteiger partial charge on any atom is -0.338 e. The average Bonchev–Trinajstić information content (AvgIpc) is 3.22. The van der Waals surface area contributed by atoms with Crippen molar-refractivity contribution in [1.82, 2.24) is 19.9 Å². The van der Waals surface area contributed by atoms with Gasteiger partial charge in [-0.1, -0.05) is 6.07 Å². The van der Waals surface area contributed by atoms with Gasteiger partial charge in [0.2, 0.25) is 0 Å². The molecule has 1 aliphatic rings. The molecule has 4 rings (SSSR count). The Morgan fingerprint density at radius 2 is 2.11 bits per heavy atom. The summed E-state index contributed by atoms with van der Waals surface area (Å²) in [6, 6.07) is 9.42. The highest BCUT2D eigenvalue weighted by Crippen LogP contribution is 2.29. The first-order chi connectivity index (χ1) is 13.5. The van der Waals surface area contributed by atoms with Gasteiger partial charge in [0.15, 0.2) is 0 Å². The smallest absolute Gasteiger partial charge is 0.260 e. The zero-order valence-electron chi connectivity index (χ0n) is 15.9. The van der Waals surface area contributed by atoms with Crippen LogP contribution in [0.3, 0.4) is 0 Å². The van der Waals surface area contributed by atoms with Crippen LogP contribution in [0.1, 0.15) is 46.3 Å². The van der Waals surface area contributed by atoms with Gasteiger partial charge < -0.3 is 9.88 Å². The van der Waals surface area contributed by atoms with Crippen molar-refractivity contribution in [3.63, 3.8) is 0 Å². The Hall–Kier alpha value is -2.80. The third-order valence-electron chi connectivity index (χ3n) is 5.00. The largest absolute Gasteiger partial charge is 0.338 e. The molecule has 0 aliphatic carbocycles. The summed E-state index contributed by atoms with van der Waals surface area (Å²) in [4.78, 5) is 40.1.